The van der Waals surface area contributed by atoms with Crippen molar-refractivity contribution in [3.05, 3.63) is 211 Å². The first-order chi connectivity index (χ1) is 44.3. The average Bonchev–Trinajstić information content (AvgIpc) is 1.48. The number of hydrogen-bond acceptors (Lipinski definition) is 2. The van der Waals surface area contributed by atoms with Crippen molar-refractivity contribution < 1.29 is 57.9 Å². The van der Waals surface area contributed by atoms with E-state index in [4.69, 9.17) is 37.3 Å². The van der Waals surface area contributed by atoms with Gasteiger partial charge in [0.15, 0.2) is 0 Å². The van der Waals surface area contributed by atoms with E-state index in [0.29, 0.717) is 0 Å². The summed E-state index contributed by atoms with van der Waals surface area (Å²) in [4.78, 5) is 0.149. The fourth-order valence-corrected chi connectivity index (χ4v) is 6.55. The molecule has 11 rings (SSSR count). The summed E-state index contributed by atoms with van der Waals surface area (Å²) in [5.74, 6) is 0. The summed E-state index contributed by atoms with van der Waals surface area (Å²) in [5.41, 5.74) is -20.3. The van der Waals surface area contributed by atoms with E-state index in [2.05, 4.69) is 0 Å². The van der Waals surface area contributed by atoms with Crippen LogP contribution in [0.3, 0.4) is 0 Å². The first-order valence-corrected chi connectivity index (χ1v) is 16.6. The molecule has 0 unspecified atom stereocenters. The zero-order valence-corrected chi connectivity index (χ0v) is 28.4. The Kier molecular flexibility index (Phi) is 2.77. The van der Waals surface area contributed by atoms with Crippen LogP contribution in [0.15, 0.2) is 204 Å². The molecule has 0 spiro atoms. The van der Waals surface area contributed by atoms with E-state index in [1.807, 2.05) is 0 Å². The van der Waals surface area contributed by atoms with Crippen LogP contribution in [0.25, 0.3) is 77.2 Å². The molecule has 1 aromatic heterocycles. The van der Waals surface area contributed by atoms with Crippen molar-refractivity contribution >= 4 is 49.8 Å². The zero-order valence-electron chi connectivity index (χ0n) is 67.4. The third-order valence-electron chi connectivity index (χ3n) is 9.07. The minimum absolute atomic E-state index is 0.149. The fraction of sp³-hybridized carbons (Fsp3) is 0.0545. The smallest absolute Gasteiger partial charge is 0.143 e. The van der Waals surface area contributed by atoms with Gasteiger partial charge in [-0.1, -0.05) is 165 Å². The molecule has 9 aromatic carbocycles. The van der Waals surface area contributed by atoms with Gasteiger partial charge in [0.1, 0.15) is 11.2 Å². The lowest BCUT2D eigenvalue weighted by molar-refractivity contribution is 0.660. The molecule has 10 aromatic rings. The largest absolute Gasteiger partial charge is 0.455 e. The Labute approximate surface area is 387 Å². The van der Waals surface area contributed by atoms with Gasteiger partial charge in [0.25, 0.3) is 0 Å². The summed E-state index contributed by atoms with van der Waals surface area (Å²) in [6.07, 6.45) is 0. The molecule has 1 aliphatic rings. The van der Waals surface area contributed by atoms with Crippen LogP contribution in [0.5, 0.6) is 0 Å². The second-order valence-corrected chi connectivity index (χ2v) is 12.3. The monoisotopic (exact) mass is 769 g/mol. The lowest BCUT2D eigenvalue weighted by atomic mass is 9.82. The maximum atomic E-state index is 10.1. The van der Waals surface area contributed by atoms with Crippen LogP contribution >= 0.6 is 0 Å². The van der Waals surface area contributed by atoms with Gasteiger partial charge in [0.05, 0.1) is 45.2 Å². The molecule has 0 N–H and O–H groups in total. The normalized spacial score (nSPS) is 23.0. The summed E-state index contributed by atoms with van der Waals surface area (Å²) in [6, 6.07) is -39.0. The summed E-state index contributed by atoms with van der Waals surface area (Å²) in [7, 11) is 0. The number of furan rings is 1. The van der Waals surface area contributed by atoms with E-state index in [1.165, 1.54) is 0 Å². The van der Waals surface area contributed by atoms with Gasteiger partial charge in [-0.25, -0.2) is 0 Å². The standard InChI is InChI=1S/C55H39NO/c1-55(2)51-24-14-13-22-45(51)46-31-29-40(33-52(46)55)56(39-27-25-37(26-28-39)36-15-5-3-6-16-36)41-30-32-47-50-35-49(43-20-10-9-19-42(43)38-17-7-4-8-18-38)44-21-11-12-23-48(44)54(50)57-53(47)34-41/h3-35H,1-2H3/i1D3,2D3,3D,4D,5D,6D,7D,8D,9D,10D,11D,12D,13D,14D,15D,16D,17D,18D,19D,20D,21D,22D,23D,24D,25D,26D,27D,28D,29D,30D,31D,32D,33D,34D,35D. The Balaban J connectivity index is 1.39. The molecule has 57 heavy (non-hydrogen) atoms. The SMILES string of the molecule is [2H]c1c([2H])c([2H])c(-c2c([2H])c([2H])c(N(c3c([2H])c([2H])c4c(c3[2H])C(C([2H])([2H])[2H])(C([2H])([2H])[2H])c3c([2H])c([2H])c([2H])c([2H])c3-4)c3c([2H])c([2H])c4c(oc5c6c([2H])c([2H])c([2H])c([2H])c6c(-c6c([2H])c([2H])c([2H])c([2H])c6-c6c([2H])c([2H])c([2H])c([2H])c6[2H])c([2H])c54)c3[2H])c([2H])c2[2H])c([2H])c1[2H]. The number of rotatable bonds is 6. The van der Waals surface area contributed by atoms with E-state index in [-0.39, 0.29) is 4.90 Å². The molecule has 0 amide bonds. The lowest BCUT2D eigenvalue weighted by Crippen LogP contribution is -2.16. The molecule has 0 saturated heterocycles. The van der Waals surface area contributed by atoms with Gasteiger partial charge in [0.2, 0.25) is 0 Å². The number of benzene rings is 9. The Morgan fingerprint density at radius 2 is 0.982 bits per heavy atom. The van der Waals surface area contributed by atoms with Crippen molar-refractivity contribution in [2.45, 2.75) is 19.1 Å². The predicted molar refractivity (Wildman–Crippen MR) is 240 cm³/mol. The van der Waals surface area contributed by atoms with Crippen molar-refractivity contribution in [3.63, 3.8) is 0 Å². The number of nitrogens with zero attached hydrogens (tertiary/aromatic N) is 1. The fourth-order valence-electron chi connectivity index (χ4n) is 6.55. The van der Waals surface area contributed by atoms with Gasteiger partial charge in [-0.15, -0.1) is 0 Å². The van der Waals surface area contributed by atoms with Crippen LogP contribution < -0.4 is 4.90 Å². The molecule has 0 bridgehead atoms. The Hall–Kier alpha value is -7.16. The van der Waals surface area contributed by atoms with Crippen molar-refractivity contribution in [2.24, 2.45) is 0 Å². The third kappa shape index (κ3) is 5.33. The molecule has 0 aliphatic heterocycles. The first-order valence-electron chi connectivity index (χ1n) is 36.1. The van der Waals surface area contributed by atoms with Crippen molar-refractivity contribution in [2.75, 3.05) is 4.90 Å². The first kappa shape index (κ1) is 12.2. The van der Waals surface area contributed by atoms with Crippen molar-refractivity contribution in [1.82, 2.24) is 0 Å². The van der Waals surface area contributed by atoms with Gasteiger partial charge >= 0.3 is 0 Å². The highest BCUT2D eigenvalue weighted by Crippen LogP contribution is 2.51. The molecule has 2 heteroatoms. The lowest BCUT2D eigenvalue weighted by Gasteiger charge is -2.28. The van der Waals surface area contributed by atoms with Crippen molar-refractivity contribution in [1.29, 1.82) is 0 Å². The van der Waals surface area contributed by atoms with E-state index in [9.17, 15) is 20.6 Å². The van der Waals surface area contributed by atoms with E-state index < -0.39 is 324 Å². The van der Waals surface area contributed by atoms with Crippen molar-refractivity contribution in [3.8, 4) is 44.5 Å². The van der Waals surface area contributed by atoms with Crippen LogP contribution in [-0.4, -0.2) is 0 Å². The van der Waals surface area contributed by atoms with Crippen LogP contribution in [0, 0.1) is 0 Å². The molecule has 0 atom stereocenters. The van der Waals surface area contributed by atoms with Crippen LogP contribution in [-0.2, 0) is 5.41 Å². The van der Waals surface area contributed by atoms with E-state index in [1.54, 1.807) is 0 Å². The minimum Gasteiger partial charge on any atom is -0.455 e. The van der Waals surface area contributed by atoms with Crippen LogP contribution in [0.2, 0.25) is 0 Å². The highest BCUT2D eigenvalue weighted by Gasteiger charge is 2.35. The van der Waals surface area contributed by atoms with E-state index in [0.717, 1.165) is 0 Å². The molecule has 0 saturated carbocycles. The van der Waals surface area contributed by atoms with Gasteiger partial charge < -0.3 is 9.32 Å². The predicted octanol–water partition coefficient (Wildman–Crippen LogP) is 15.5. The minimum atomic E-state index is -4.09. The van der Waals surface area contributed by atoms with Crippen LogP contribution in [0.1, 0.15) is 78.3 Å². The molecule has 0 fully saturated rings. The molecular weight excluding hydrogens is 691 g/mol. The molecule has 1 heterocycles. The van der Waals surface area contributed by atoms with Gasteiger partial charge in [-0.2, -0.15) is 0 Å². The van der Waals surface area contributed by atoms with E-state index >= 15 is 0 Å². The second-order valence-electron chi connectivity index (χ2n) is 12.3. The average molecular weight is 769 g/mol. The molecule has 270 valence electrons. The summed E-state index contributed by atoms with van der Waals surface area (Å²) in [5, 5.41) is -3.37. The highest BCUT2D eigenvalue weighted by molar-refractivity contribution is 6.20. The Bertz CT molecular complexity index is 5210. The third-order valence-corrected chi connectivity index (χ3v) is 9.07. The molecule has 1 aliphatic carbocycles. The zero-order chi connectivity index (χ0) is 71.8. The van der Waals surface area contributed by atoms with Gasteiger partial charge in [-0.05, 0) is 103 Å². The Morgan fingerprint density at radius 1 is 0.404 bits per heavy atom. The number of hydrogen-bond donors (Lipinski definition) is 0. The molecule has 0 radical (unpaired) electrons. The van der Waals surface area contributed by atoms with Gasteiger partial charge in [0, 0.05) is 52.9 Å². The van der Waals surface area contributed by atoms with Crippen LogP contribution in [0.4, 0.5) is 17.1 Å². The molecule has 2 nitrogen and oxygen atoms in total. The number of fused-ring (bicyclic) bond motifs is 8. The quantitative estimate of drug-likeness (QED) is 0.167. The summed E-state index contributed by atoms with van der Waals surface area (Å²) < 4.78 is 362. The highest BCUT2D eigenvalue weighted by atomic mass is 16.3. The topological polar surface area (TPSA) is 16.4 Å². The summed E-state index contributed by atoms with van der Waals surface area (Å²) >= 11 is 0. The molecular formula is C55H39NO. The maximum absolute atomic E-state index is 10.1. The Morgan fingerprint density at radius 3 is 1.75 bits per heavy atom. The summed E-state index contributed by atoms with van der Waals surface area (Å²) in [6.45, 7) is -8.17. The second kappa shape index (κ2) is 13.0. The van der Waals surface area contributed by atoms with Gasteiger partial charge in [-0.3, -0.25) is 0 Å². The number of anilines is 3. The maximum Gasteiger partial charge on any atom is 0.143 e.